The number of piperazine rings is 1. The van der Waals surface area contributed by atoms with Gasteiger partial charge in [0.25, 0.3) is 11.5 Å². The van der Waals surface area contributed by atoms with Crippen LogP contribution in [0.4, 0.5) is 5.69 Å². The smallest absolute Gasteiger partial charge is 0.275 e. The van der Waals surface area contributed by atoms with Crippen molar-refractivity contribution >= 4 is 22.4 Å². The molecule has 0 atom stereocenters. The number of benzene rings is 2. The van der Waals surface area contributed by atoms with E-state index in [1.54, 1.807) is 29.2 Å². The number of hydrogen-bond acceptors (Lipinski definition) is 5. The van der Waals surface area contributed by atoms with E-state index in [-0.39, 0.29) is 17.2 Å². The lowest BCUT2D eigenvalue weighted by Gasteiger charge is -2.36. The largest absolute Gasteiger partial charge is 0.508 e. The maximum atomic E-state index is 13.3. The predicted octanol–water partition coefficient (Wildman–Crippen LogP) is 2.86. The normalized spacial score (nSPS) is 14.3. The standard InChI is InChI=1S/C23H26N4O3/c1-2-3-12-27-22(29)20-7-5-4-6-19(20)21(24-27)23(30)26-15-13-25(14-16-26)17-8-10-18(28)11-9-17/h4-11,28H,2-3,12-16H2,1H3. The van der Waals surface area contributed by atoms with Crippen LogP contribution in [0.3, 0.4) is 0 Å². The molecule has 7 heteroatoms. The van der Waals surface area contributed by atoms with Crippen molar-refractivity contribution in [2.45, 2.75) is 26.3 Å². The fraction of sp³-hybridized carbons (Fsp3) is 0.348. The highest BCUT2D eigenvalue weighted by atomic mass is 16.3. The number of hydrogen-bond donors (Lipinski definition) is 1. The molecule has 0 spiro atoms. The van der Waals surface area contributed by atoms with Gasteiger partial charge in [-0.1, -0.05) is 31.5 Å². The number of phenolic OH excluding ortho intramolecular Hbond substituents is 1. The molecular formula is C23H26N4O3. The molecule has 0 aliphatic carbocycles. The molecule has 1 saturated heterocycles. The van der Waals surface area contributed by atoms with Crippen molar-refractivity contribution in [2.24, 2.45) is 0 Å². The Hall–Kier alpha value is -3.35. The number of amides is 1. The highest BCUT2D eigenvalue weighted by Crippen LogP contribution is 2.21. The number of aromatic hydroxyl groups is 1. The number of aromatic nitrogens is 2. The number of carbonyl (C=O) groups is 1. The van der Waals surface area contributed by atoms with Crippen LogP contribution in [-0.2, 0) is 6.54 Å². The Bertz CT molecular complexity index is 1100. The Kier molecular flexibility index (Phi) is 5.70. The second-order valence-corrected chi connectivity index (χ2v) is 7.57. The summed E-state index contributed by atoms with van der Waals surface area (Å²) in [6.07, 6.45) is 1.79. The van der Waals surface area contributed by atoms with Gasteiger partial charge in [-0.25, -0.2) is 4.68 Å². The minimum atomic E-state index is -0.146. The number of rotatable bonds is 5. The first kappa shape index (κ1) is 19.9. The van der Waals surface area contributed by atoms with Gasteiger partial charge in [0.2, 0.25) is 0 Å². The van der Waals surface area contributed by atoms with Crippen molar-refractivity contribution < 1.29 is 9.90 Å². The third-order valence-corrected chi connectivity index (χ3v) is 5.58. The van der Waals surface area contributed by atoms with E-state index in [0.717, 1.165) is 18.5 Å². The van der Waals surface area contributed by atoms with E-state index in [4.69, 9.17) is 0 Å². The van der Waals surface area contributed by atoms with Gasteiger partial charge < -0.3 is 14.9 Å². The molecule has 0 unspecified atom stereocenters. The van der Waals surface area contributed by atoms with Gasteiger partial charge in [0.1, 0.15) is 5.75 Å². The number of fused-ring (bicyclic) bond motifs is 1. The first-order valence-corrected chi connectivity index (χ1v) is 10.4. The summed E-state index contributed by atoms with van der Waals surface area (Å²) >= 11 is 0. The zero-order valence-corrected chi connectivity index (χ0v) is 17.1. The van der Waals surface area contributed by atoms with Crippen LogP contribution >= 0.6 is 0 Å². The predicted molar refractivity (Wildman–Crippen MR) is 117 cm³/mol. The van der Waals surface area contributed by atoms with Gasteiger partial charge in [-0.3, -0.25) is 9.59 Å². The second-order valence-electron chi connectivity index (χ2n) is 7.57. The van der Waals surface area contributed by atoms with Gasteiger partial charge in [-0.05, 0) is 36.8 Å². The highest BCUT2D eigenvalue weighted by molar-refractivity contribution is 6.04. The SMILES string of the molecule is CCCCn1nc(C(=O)N2CCN(c3ccc(O)cc3)CC2)c2ccccc2c1=O. The topological polar surface area (TPSA) is 78.7 Å². The lowest BCUT2D eigenvalue weighted by Crippen LogP contribution is -2.49. The molecule has 1 fully saturated rings. The summed E-state index contributed by atoms with van der Waals surface area (Å²) in [7, 11) is 0. The number of aryl methyl sites for hydroxylation is 1. The third kappa shape index (κ3) is 3.87. The summed E-state index contributed by atoms with van der Waals surface area (Å²) in [4.78, 5) is 30.1. The summed E-state index contributed by atoms with van der Waals surface area (Å²) in [5.74, 6) is 0.102. The van der Waals surface area contributed by atoms with Gasteiger partial charge in [0.15, 0.2) is 5.69 Å². The summed E-state index contributed by atoms with van der Waals surface area (Å²) in [6, 6.07) is 14.3. The quantitative estimate of drug-likeness (QED) is 0.705. The van der Waals surface area contributed by atoms with E-state index >= 15 is 0 Å². The van der Waals surface area contributed by atoms with E-state index in [9.17, 15) is 14.7 Å². The molecule has 1 aliphatic heterocycles. The molecule has 4 rings (SSSR count). The average molecular weight is 406 g/mol. The van der Waals surface area contributed by atoms with Crippen LogP contribution in [0.1, 0.15) is 30.3 Å². The van der Waals surface area contributed by atoms with Gasteiger partial charge in [-0.15, -0.1) is 0 Å². The lowest BCUT2D eigenvalue weighted by molar-refractivity contribution is 0.0740. The Morgan fingerprint density at radius 2 is 1.67 bits per heavy atom. The Morgan fingerprint density at radius 3 is 2.33 bits per heavy atom. The van der Waals surface area contributed by atoms with Crippen LogP contribution in [-0.4, -0.2) is 51.9 Å². The summed E-state index contributed by atoms with van der Waals surface area (Å²) in [6.45, 7) is 5.11. The number of anilines is 1. The molecule has 1 aromatic heterocycles. The Balaban J connectivity index is 1.58. The lowest BCUT2D eigenvalue weighted by atomic mass is 10.1. The molecule has 7 nitrogen and oxygen atoms in total. The molecule has 1 aliphatic rings. The summed E-state index contributed by atoms with van der Waals surface area (Å²) in [5.41, 5.74) is 1.23. The van der Waals surface area contributed by atoms with E-state index in [1.165, 1.54) is 4.68 Å². The van der Waals surface area contributed by atoms with Crippen LogP contribution in [0, 0.1) is 0 Å². The van der Waals surface area contributed by atoms with Crippen LogP contribution in [0.2, 0.25) is 0 Å². The summed E-state index contributed by atoms with van der Waals surface area (Å²) < 4.78 is 1.44. The van der Waals surface area contributed by atoms with Gasteiger partial charge >= 0.3 is 0 Å². The molecule has 30 heavy (non-hydrogen) atoms. The van der Waals surface area contributed by atoms with Crippen LogP contribution in [0.5, 0.6) is 5.75 Å². The molecular weight excluding hydrogens is 380 g/mol. The van der Waals surface area contributed by atoms with E-state index in [1.807, 2.05) is 24.3 Å². The van der Waals surface area contributed by atoms with Crippen LogP contribution < -0.4 is 10.5 Å². The maximum absolute atomic E-state index is 13.3. The second kappa shape index (κ2) is 8.57. The molecule has 0 saturated carbocycles. The van der Waals surface area contributed by atoms with Crippen molar-refractivity contribution in [1.29, 1.82) is 0 Å². The first-order chi connectivity index (χ1) is 14.6. The number of nitrogens with zero attached hydrogens (tertiary/aromatic N) is 4. The van der Waals surface area contributed by atoms with E-state index in [0.29, 0.717) is 49.2 Å². The fourth-order valence-electron chi connectivity index (χ4n) is 3.83. The third-order valence-electron chi connectivity index (χ3n) is 5.58. The molecule has 3 aromatic rings. The molecule has 2 heterocycles. The van der Waals surface area contributed by atoms with Crippen molar-refractivity contribution in [2.75, 3.05) is 31.1 Å². The molecule has 0 bridgehead atoms. The average Bonchev–Trinajstić information content (AvgIpc) is 2.79. The van der Waals surface area contributed by atoms with Gasteiger partial charge in [0.05, 0.1) is 5.39 Å². The number of unbranched alkanes of at least 4 members (excludes halogenated alkanes) is 1. The minimum absolute atomic E-state index is 0.137. The van der Waals surface area contributed by atoms with E-state index < -0.39 is 0 Å². The van der Waals surface area contributed by atoms with Crippen LogP contribution in [0.15, 0.2) is 53.3 Å². The fourth-order valence-corrected chi connectivity index (χ4v) is 3.83. The highest BCUT2D eigenvalue weighted by Gasteiger charge is 2.26. The van der Waals surface area contributed by atoms with Crippen LogP contribution in [0.25, 0.3) is 10.8 Å². The molecule has 2 aromatic carbocycles. The monoisotopic (exact) mass is 406 g/mol. The number of phenols is 1. The minimum Gasteiger partial charge on any atom is -0.508 e. The van der Waals surface area contributed by atoms with Crippen molar-refractivity contribution in [3.8, 4) is 5.75 Å². The first-order valence-electron chi connectivity index (χ1n) is 10.4. The van der Waals surface area contributed by atoms with Crippen molar-refractivity contribution in [3.05, 3.63) is 64.6 Å². The summed E-state index contributed by atoms with van der Waals surface area (Å²) in [5, 5.41) is 15.1. The van der Waals surface area contributed by atoms with Crippen molar-refractivity contribution in [3.63, 3.8) is 0 Å². The molecule has 1 N–H and O–H groups in total. The Morgan fingerprint density at radius 1 is 1.00 bits per heavy atom. The zero-order valence-electron chi connectivity index (χ0n) is 17.1. The van der Waals surface area contributed by atoms with Gasteiger partial charge in [-0.2, -0.15) is 5.10 Å². The molecule has 0 radical (unpaired) electrons. The molecule has 1 amide bonds. The van der Waals surface area contributed by atoms with E-state index in [2.05, 4.69) is 16.9 Å². The number of carbonyl (C=O) groups excluding carboxylic acids is 1. The maximum Gasteiger partial charge on any atom is 0.275 e. The van der Waals surface area contributed by atoms with Gasteiger partial charge in [0, 0.05) is 43.8 Å². The zero-order chi connectivity index (χ0) is 21.1. The van der Waals surface area contributed by atoms with Crippen molar-refractivity contribution in [1.82, 2.24) is 14.7 Å². The molecule has 156 valence electrons. The Labute approximate surface area is 175 Å².